The largest absolute Gasteiger partial charge is 0.361 e. The summed E-state index contributed by atoms with van der Waals surface area (Å²) in [6.07, 6.45) is 3.62. The minimum atomic E-state index is -0.248. The van der Waals surface area contributed by atoms with Gasteiger partial charge in [-0.3, -0.25) is 4.79 Å². The molecule has 0 radical (unpaired) electrons. The Morgan fingerprint density at radius 3 is 2.85 bits per heavy atom. The summed E-state index contributed by atoms with van der Waals surface area (Å²) in [5.41, 5.74) is 1.91. The first-order valence-electron chi connectivity index (χ1n) is 8.91. The number of rotatable bonds is 7. The number of H-pyrrole nitrogens is 1. The topological polar surface area (TPSA) is 72.5 Å². The molecular formula is C19H28FN5O. The van der Waals surface area contributed by atoms with Gasteiger partial charge in [-0.1, -0.05) is 6.92 Å². The van der Waals surface area contributed by atoms with Gasteiger partial charge in [0.25, 0.3) is 0 Å². The van der Waals surface area contributed by atoms with E-state index in [1.165, 1.54) is 17.0 Å². The lowest BCUT2D eigenvalue weighted by atomic mass is 10.1. The van der Waals surface area contributed by atoms with Gasteiger partial charge in [-0.15, -0.1) is 0 Å². The molecule has 1 aromatic heterocycles. The van der Waals surface area contributed by atoms with E-state index in [0.29, 0.717) is 12.5 Å². The number of aromatic nitrogens is 1. The summed E-state index contributed by atoms with van der Waals surface area (Å²) < 4.78 is 13.3. The second-order valence-corrected chi connectivity index (χ2v) is 6.59. The van der Waals surface area contributed by atoms with Crippen LogP contribution < -0.4 is 10.6 Å². The van der Waals surface area contributed by atoms with Crippen molar-refractivity contribution in [2.75, 3.05) is 27.2 Å². The van der Waals surface area contributed by atoms with Crippen LogP contribution in [0.2, 0.25) is 0 Å². The number of likely N-dealkylation sites (N-methyl/N-ethyl adjacent to an activating group) is 1. The number of carbonyl (C=O) groups is 1. The molecule has 2 rings (SSSR count). The van der Waals surface area contributed by atoms with Crippen molar-refractivity contribution in [3.05, 3.63) is 35.8 Å². The molecule has 1 amide bonds. The Kier molecular flexibility index (Phi) is 7.00. The van der Waals surface area contributed by atoms with Gasteiger partial charge in [0, 0.05) is 43.8 Å². The van der Waals surface area contributed by atoms with Gasteiger partial charge >= 0.3 is 0 Å². The smallest absolute Gasteiger partial charge is 0.243 e. The van der Waals surface area contributed by atoms with Crippen molar-refractivity contribution in [1.29, 1.82) is 0 Å². The van der Waals surface area contributed by atoms with Crippen LogP contribution in [0.3, 0.4) is 0 Å². The van der Waals surface area contributed by atoms with Crippen molar-refractivity contribution < 1.29 is 9.18 Å². The molecule has 1 unspecified atom stereocenters. The zero-order chi connectivity index (χ0) is 19.1. The Bertz CT molecular complexity index is 768. The third-order valence-electron chi connectivity index (χ3n) is 4.28. The lowest BCUT2D eigenvalue weighted by Gasteiger charge is -2.17. The first-order chi connectivity index (χ1) is 12.4. The molecule has 0 aliphatic carbocycles. The molecule has 0 fully saturated rings. The van der Waals surface area contributed by atoms with Crippen molar-refractivity contribution in [2.24, 2.45) is 4.99 Å². The monoisotopic (exact) mass is 361 g/mol. The molecule has 7 heteroatoms. The van der Waals surface area contributed by atoms with Gasteiger partial charge in [0.05, 0.1) is 0 Å². The predicted molar refractivity (Wildman–Crippen MR) is 104 cm³/mol. The fraction of sp³-hybridized carbons (Fsp3) is 0.474. The number of guanidine groups is 1. The molecule has 0 aliphatic heterocycles. The highest BCUT2D eigenvalue weighted by Crippen LogP contribution is 2.19. The number of fused-ring (bicyclic) bond motifs is 1. The number of nitrogens with zero attached hydrogens (tertiary/aromatic N) is 2. The van der Waals surface area contributed by atoms with Gasteiger partial charge in [-0.25, -0.2) is 9.38 Å². The molecule has 26 heavy (non-hydrogen) atoms. The Hall–Kier alpha value is -2.57. The van der Waals surface area contributed by atoms with Crippen LogP contribution in [0.15, 0.2) is 29.4 Å². The summed E-state index contributed by atoms with van der Waals surface area (Å²) in [6.45, 7) is 4.92. The van der Waals surface area contributed by atoms with Crippen LogP contribution >= 0.6 is 0 Å². The standard InChI is InChI=1S/C19H28FN5O/c1-5-13(2)24-19(23-12-18(26)25(3)4)21-9-8-14-11-22-17-10-15(20)6-7-16(14)17/h6-7,10-11,13,22H,5,8-9,12H2,1-4H3,(H2,21,23,24). The maximum absolute atomic E-state index is 13.3. The van der Waals surface area contributed by atoms with Gasteiger partial charge in [0.15, 0.2) is 5.96 Å². The van der Waals surface area contributed by atoms with Gasteiger partial charge in [0.1, 0.15) is 12.4 Å². The molecule has 0 saturated heterocycles. The molecule has 0 bridgehead atoms. The highest BCUT2D eigenvalue weighted by Gasteiger charge is 2.08. The van der Waals surface area contributed by atoms with E-state index in [2.05, 4.69) is 34.5 Å². The van der Waals surface area contributed by atoms with E-state index in [-0.39, 0.29) is 24.3 Å². The van der Waals surface area contributed by atoms with Crippen LogP contribution in [0.1, 0.15) is 25.8 Å². The quantitative estimate of drug-likeness (QED) is 0.523. The van der Waals surface area contributed by atoms with Gasteiger partial charge < -0.3 is 20.5 Å². The molecule has 1 atom stereocenters. The number of carbonyl (C=O) groups excluding carboxylic acids is 1. The highest BCUT2D eigenvalue weighted by atomic mass is 19.1. The number of amides is 1. The molecule has 3 N–H and O–H groups in total. The van der Waals surface area contributed by atoms with Crippen molar-refractivity contribution in [3.63, 3.8) is 0 Å². The highest BCUT2D eigenvalue weighted by molar-refractivity contribution is 5.85. The van der Waals surface area contributed by atoms with E-state index in [4.69, 9.17) is 0 Å². The fourth-order valence-electron chi connectivity index (χ4n) is 2.46. The second kappa shape index (κ2) is 9.22. The Morgan fingerprint density at radius 2 is 2.15 bits per heavy atom. The van der Waals surface area contributed by atoms with Crippen LogP contribution in [0.25, 0.3) is 10.9 Å². The number of aromatic amines is 1. The molecule has 1 heterocycles. The Labute approximate surface area is 153 Å². The molecule has 0 aliphatic rings. The van der Waals surface area contributed by atoms with Gasteiger partial charge in [-0.2, -0.15) is 0 Å². The average molecular weight is 361 g/mol. The zero-order valence-corrected chi connectivity index (χ0v) is 15.9. The molecular weight excluding hydrogens is 333 g/mol. The Morgan fingerprint density at radius 1 is 1.38 bits per heavy atom. The molecule has 0 saturated carbocycles. The second-order valence-electron chi connectivity index (χ2n) is 6.59. The number of hydrogen-bond acceptors (Lipinski definition) is 2. The van der Waals surface area contributed by atoms with E-state index in [1.54, 1.807) is 20.2 Å². The van der Waals surface area contributed by atoms with Crippen molar-refractivity contribution in [1.82, 2.24) is 20.5 Å². The first kappa shape index (κ1) is 19.8. The number of nitrogens with one attached hydrogen (secondary N) is 3. The fourth-order valence-corrected chi connectivity index (χ4v) is 2.46. The Balaban J connectivity index is 1.98. The molecule has 142 valence electrons. The maximum atomic E-state index is 13.3. The summed E-state index contributed by atoms with van der Waals surface area (Å²) in [7, 11) is 3.43. The number of aliphatic imine (C=N–C) groups is 1. The summed E-state index contributed by atoms with van der Waals surface area (Å²) >= 11 is 0. The van der Waals surface area contributed by atoms with Crippen molar-refractivity contribution >= 4 is 22.8 Å². The minimum Gasteiger partial charge on any atom is -0.361 e. The third kappa shape index (κ3) is 5.47. The average Bonchev–Trinajstić information content (AvgIpc) is 3.00. The summed E-state index contributed by atoms with van der Waals surface area (Å²) in [6, 6.07) is 5.01. The van der Waals surface area contributed by atoms with E-state index < -0.39 is 0 Å². The van der Waals surface area contributed by atoms with E-state index in [1.807, 2.05) is 6.20 Å². The molecule has 6 nitrogen and oxygen atoms in total. The number of halogens is 1. The van der Waals surface area contributed by atoms with Crippen LogP contribution in [0, 0.1) is 5.82 Å². The van der Waals surface area contributed by atoms with Crippen molar-refractivity contribution in [2.45, 2.75) is 32.7 Å². The first-order valence-corrected chi connectivity index (χ1v) is 8.91. The predicted octanol–water partition coefficient (Wildman–Crippen LogP) is 2.27. The number of hydrogen-bond donors (Lipinski definition) is 3. The van der Waals surface area contributed by atoms with E-state index in [9.17, 15) is 9.18 Å². The van der Waals surface area contributed by atoms with E-state index >= 15 is 0 Å². The van der Waals surface area contributed by atoms with Crippen LogP contribution in [0.4, 0.5) is 4.39 Å². The van der Waals surface area contributed by atoms with Crippen LogP contribution in [-0.2, 0) is 11.2 Å². The minimum absolute atomic E-state index is 0.0473. The molecule has 2 aromatic rings. The zero-order valence-electron chi connectivity index (χ0n) is 15.9. The lowest BCUT2D eigenvalue weighted by molar-refractivity contribution is -0.127. The van der Waals surface area contributed by atoms with Gasteiger partial charge in [-0.05, 0) is 43.5 Å². The van der Waals surface area contributed by atoms with Crippen LogP contribution in [0.5, 0.6) is 0 Å². The summed E-state index contributed by atoms with van der Waals surface area (Å²) in [5, 5.41) is 7.59. The third-order valence-corrected chi connectivity index (χ3v) is 4.28. The lowest BCUT2D eigenvalue weighted by Crippen LogP contribution is -2.43. The SMILES string of the molecule is CCC(C)NC(=NCC(=O)N(C)C)NCCc1c[nH]c2cc(F)ccc12. The normalized spacial score (nSPS) is 12.9. The summed E-state index contributed by atoms with van der Waals surface area (Å²) in [5.74, 6) is 0.330. The molecule has 1 aromatic carbocycles. The molecule has 0 spiro atoms. The van der Waals surface area contributed by atoms with Crippen molar-refractivity contribution in [3.8, 4) is 0 Å². The van der Waals surface area contributed by atoms with E-state index in [0.717, 1.165) is 29.3 Å². The number of benzene rings is 1. The van der Waals surface area contributed by atoms with Gasteiger partial charge in [0.2, 0.25) is 5.91 Å². The van der Waals surface area contributed by atoms with Crippen LogP contribution in [-0.4, -0.2) is 55.0 Å². The summed E-state index contributed by atoms with van der Waals surface area (Å²) in [4.78, 5) is 20.8. The maximum Gasteiger partial charge on any atom is 0.243 e.